The maximum Gasteiger partial charge on any atom is 0.307 e. The first-order chi connectivity index (χ1) is 11.1. The van der Waals surface area contributed by atoms with Gasteiger partial charge in [0.15, 0.2) is 0 Å². The average Bonchev–Trinajstić information content (AvgIpc) is 2.96. The number of benzene rings is 1. The number of rotatable bonds is 7. The summed E-state index contributed by atoms with van der Waals surface area (Å²) in [4.78, 5) is 28.2. The standard InChI is InChI=1S/C16H20N2O5/c1-2-22-16(21)7-8-17-15(20)10-13-9-14(18-23-13)11-3-5-12(19)6-4-11/h3-6,13,19H,2,7-10H2,1H3,(H,17,20). The molecule has 1 aromatic rings. The van der Waals surface area contributed by atoms with Gasteiger partial charge in [-0.3, -0.25) is 9.59 Å². The van der Waals surface area contributed by atoms with Crippen LogP contribution in [0, 0.1) is 0 Å². The van der Waals surface area contributed by atoms with Crippen molar-refractivity contribution in [1.29, 1.82) is 0 Å². The molecule has 7 nitrogen and oxygen atoms in total. The van der Waals surface area contributed by atoms with Gasteiger partial charge in [0.05, 0.1) is 25.2 Å². The summed E-state index contributed by atoms with van der Waals surface area (Å²) < 4.78 is 4.78. The van der Waals surface area contributed by atoms with Crippen molar-refractivity contribution in [3.05, 3.63) is 29.8 Å². The topological polar surface area (TPSA) is 97.2 Å². The van der Waals surface area contributed by atoms with E-state index in [0.29, 0.717) is 13.0 Å². The summed E-state index contributed by atoms with van der Waals surface area (Å²) in [5.41, 5.74) is 1.60. The Balaban J connectivity index is 1.71. The number of esters is 1. The first-order valence-corrected chi connectivity index (χ1v) is 7.53. The number of hydrogen-bond donors (Lipinski definition) is 2. The molecule has 0 bridgehead atoms. The Bertz CT molecular complexity index is 583. The molecule has 1 aliphatic heterocycles. The number of amides is 1. The van der Waals surface area contributed by atoms with Gasteiger partial charge >= 0.3 is 5.97 Å². The fraction of sp³-hybridized carbons (Fsp3) is 0.438. The second kappa shape index (κ2) is 8.17. The molecular formula is C16H20N2O5. The lowest BCUT2D eigenvalue weighted by Crippen LogP contribution is -2.29. The van der Waals surface area contributed by atoms with E-state index in [1.54, 1.807) is 31.2 Å². The van der Waals surface area contributed by atoms with Crippen molar-refractivity contribution < 1.29 is 24.3 Å². The van der Waals surface area contributed by atoms with E-state index in [0.717, 1.165) is 11.3 Å². The molecule has 1 amide bonds. The number of oxime groups is 1. The van der Waals surface area contributed by atoms with Crippen LogP contribution in [0.3, 0.4) is 0 Å². The molecule has 2 N–H and O–H groups in total. The molecule has 0 aromatic heterocycles. The van der Waals surface area contributed by atoms with Gasteiger partial charge < -0.3 is 20.0 Å². The summed E-state index contributed by atoms with van der Waals surface area (Å²) in [5, 5.41) is 15.9. The van der Waals surface area contributed by atoms with Crippen LogP contribution in [0.15, 0.2) is 29.4 Å². The molecule has 1 aromatic carbocycles. The number of ether oxygens (including phenoxy) is 1. The summed E-state index contributed by atoms with van der Waals surface area (Å²) in [6.45, 7) is 2.32. The summed E-state index contributed by atoms with van der Waals surface area (Å²) in [6.07, 6.45) is 0.533. The molecule has 0 saturated carbocycles. The van der Waals surface area contributed by atoms with Gasteiger partial charge in [-0.2, -0.15) is 0 Å². The van der Waals surface area contributed by atoms with Crippen LogP contribution in [0.1, 0.15) is 31.7 Å². The third-order valence-electron chi connectivity index (χ3n) is 3.30. The van der Waals surface area contributed by atoms with Gasteiger partial charge in [0.1, 0.15) is 11.9 Å². The van der Waals surface area contributed by atoms with Gasteiger partial charge in [-0.05, 0) is 36.8 Å². The molecular weight excluding hydrogens is 300 g/mol. The van der Waals surface area contributed by atoms with Crippen LogP contribution in [-0.2, 0) is 19.2 Å². The minimum Gasteiger partial charge on any atom is -0.508 e. The van der Waals surface area contributed by atoms with Gasteiger partial charge in [0.25, 0.3) is 0 Å². The van der Waals surface area contributed by atoms with Crippen LogP contribution in [0.4, 0.5) is 0 Å². The summed E-state index contributed by atoms with van der Waals surface area (Å²) in [5.74, 6) is -0.338. The smallest absolute Gasteiger partial charge is 0.307 e. The lowest BCUT2D eigenvalue weighted by Gasteiger charge is -2.08. The maximum absolute atomic E-state index is 11.8. The summed E-state index contributed by atoms with van der Waals surface area (Å²) in [6, 6.07) is 6.65. The van der Waals surface area contributed by atoms with E-state index in [1.165, 1.54) is 0 Å². The molecule has 0 fully saturated rings. The van der Waals surface area contributed by atoms with E-state index < -0.39 is 0 Å². The van der Waals surface area contributed by atoms with Crippen molar-refractivity contribution in [3.8, 4) is 5.75 Å². The zero-order valence-electron chi connectivity index (χ0n) is 12.9. The zero-order chi connectivity index (χ0) is 16.7. The average molecular weight is 320 g/mol. The van der Waals surface area contributed by atoms with Crippen molar-refractivity contribution >= 4 is 17.6 Å². The number of phenols is 1. The number of hydrogen-bond acceptors (Lipinski definition) is 6. The lowest BCUT2D eigenvalue weighted by atomic mass is 10.0. The SMILES string of the molecule is CCOC(=O)CCNC(=O)CC1CC(c2ccc(O)cc2)=NO1. The predicted molar refractivity (Wildman–Crippen MR) is 83.0 cm³/mol. The van der Waals surface area contributed by atoms with E-state index in [1.807, 2.05) is 0 Å². The van der Waals surface area contributed by atoms with E-state index in [9.17, 15) is 14.7 Å². The second-order valence-electron chi connectivity index (χ2n) is 5.13. The Kier molecular flexibility index (Phi) is 5.96. The van der Waals surface area contributed by atoms with Crippen molar-refractivity contribution in [2.24, 2.45) is 5.16 Å². The Hall–Kier alpha value is -2.57. The number of carbonyl (C=O) groups excluding carboxylic acids is 2. The highest BCUT2D eigenvalue weighted by atomic mass is 16.6. The number of carbonyl (C=O) groups is 2. The number of nitrogens with one attached hydrogen (secondary N) is 1. The molecule has 2 rings (SSSR count). The van der Waals surface area contributed by atoms with E-state index in [4.69, 9.17) is 9.57 Å². The largest absolute Gasteiger partial charge is 0.508 e. The van der Waals surface area contributed by atoms with E-state index in [-0.39, 0.29) is 43.1 Å². The lowest BCUT2D eigenvalue weighted by molar-refractivity contribution is -0.143. The van der Waals surface area contributed by atoms with Crippen LogP contribution in [0.25, 0.3) is 0 Å². The Labute approximate surface area is 134 Å². The number of phenolic OH excluding ortho intramolecular Hbond substituents is 1. The van der Waals surface area contributed by atoms with Gasteiger partial charge in [0.2, 0.25) is 5.91 Å². The molecule has 23 heavy (non-hydrogen) atoms. The molecule has 0 radical (unpaired) electrons. The minimum atomic E-state index is -0.331. The van der Waals surface area contributed by atoms with Crippen LogP contribution in [0.5, 0.6) is 5.75 Å². The molecule has 0 aliphatic carbocycles. The van der Waals surface area contributed by atoms with Gasteiger partial charge in [-0.25, -0.2) is 0 Å². The fourth-order valence-corrected chi connectivity index (χ4v) is 2.18. The maximum atomic E-state index is 11.8. The number of nitrogens with zero attached hydrogens (tertiary/aromatic N) is 1. The Morgan fingerprint density at radius 1 is 1.39 bits per heavy atom. The first-order valence-electron chi connectivity index (χ1n) is 7.53. The van der Waals surface area contributed by atoms with Crippen molar-refractivity contribution in [1.82, 2.24) is 5.32 Å². The van der Waals surface area contributed by atoms with Crippen LogP contribution in [0.2, 0.25) is 0 Å². The zero-order valence-corrected chi connectivity index (χ0v) is 12.9. The van der Waals surface area contributed by atoms with Crippen molar-refractivity contribution in [2.75, 3.05) is 13.2 Å². The van der Waals surface area contributed by atoms with Crippen molar-refractivity contribution in [2.45, 2.75) is 32.3 Å². The van der Waals surface area contributed by atoms with Gasteiger partial charge in [0, 0.05) is 13.0 Å². The van der Waals surface area contributed by atoms with Crippen LogP contribution >= 0.6 is 0 Å². The third-order valence-corrected chi connectivity index (χ3v) is 3.30. The van der Waals surface area contributed by atoms with Crippen molar-refractivity contribution in [3.63, 3.8) is 0 Å². The highest BCUT2D eigenvalue weighted by Crippen LogP contribution is 2.20. The van der Waals surface area contributed by atoms with E-state index >= 15 is 0 Å². The normalized spacial score (nSPS) is 16.4. The van der Waals surface area contributed by atoms with Gasteiger partial charge in [-0.1, -0.05) is 5.16 Å². The molecule has 7 heteroatoms. The molecule has 1 unspecified atom stereocenters. The highest BCUT2D eigenvalue weighted by molar-refractivity contribution is 6.01. The molecule has 124 valence electrons. The first kappa shape index (κ1) is 16.8. The van der Waals surface area contributed by atoms with E-state index in [2.05, 4.69) is 10.5 Å². The second-order valence-corrected chi connectivity index (χ2v) is 5.13. The van der Waals surface area contributed by atoms with Crippen LogP contribution < -0.4 is 5.32 Å². The van der Waals surface area contributed by atoms with Gasteiger partial charge in [-0.15, -0.1) is 0 Å². The molecule has 1 heterocycles. The predicted octanol–water partition coefficient (Wildman–Crippen LogP) is 1.34. The highest BCUT2D eigenvalue weighted by Gasteiger charge is 2.24. The minimum absolute atomic E-state index is 0.153. The molecule has 0 spiro atoms. The monoisotopic (exact) mass is 320 g/mol. The molecule has 0 saturated heterocycles. The fourth-order valence-electron chi connectivity index (χ4n) is 2.18. The molecule has 1 atom stereocenters. The summed E-state index contributed by atoms with van der Waals surface area (Å²) in [7, 11) is 0. The van der Waals surface area contributed by atoms with Crippen LogP contribution in [-0.4, -0.2) is 42.0 Å². The summed E-state index contributed by atoms with van der Waals surface area (Å²) >= 11 is 0. The quantitative estimate of drug-likeness (QED) is 0.739. The Morgan fingerprint density at radius 2 is 2.13 bits per heavy atom. The number of aromatic hydroxyl groups is 1. The Morgan fingerprint density at radius 3 is 2.83 bits per heavy atom. The molecule has 1 aliphatic rings. The third kappa shape index (κ3) is 5.28.